The summed E-state index contributed by atoms with van der Waals surface area (Å²) in [6.07, 6.45) is 3.63. The van der Waals surface area contributed by atoms with E-state index in [4.69, 9.17) is 14.7 Å². The van der Waals surface area contributed by atoms with Crippen molar-refractivity contribution in [2.24, 2.45) is 5.92 Å². The van der Waals surface area contributed by atoms with Gasteiger partial charge in [0.2, 0.25) is 5.91 Å². The third-order valence-corrected chi connectivity index (χ3v) is 5.66. The molecule has 0 radical (unpaired) electrons. The van der Waals surface area contributed by atoms with Gasteiger partial charge in [-0.25, -0.2) is 9.97 Å². The molecule has 2 aromatic carbocycles. The van der Waals surface area contributed by atoms with Crippen molar-refractivity contribution in [2.75, 3.05) is 29.9 Å². The number of hydrogen-bond donors (Lipinski definition) is 1. The molecule has 1 N–H and O–H groups in total. The van der Waals surface area contributed by atoms with Crippen LogP contribution in [0.2, 0.25) is 0 Å². The molecule has 6 nitrogen and oxygen atoms in total. The maximum Gasteiger partial charge on any atom is 0.258 e. The quantitative estimate of drug-likeness (QED) is 0.595. The van der Waals surface area contributed by atoms with Crippen LogP contribution in [0.4, 0.5) is 11.5 Å². The van der Waals surface area contributed by atoms with Gasteiger partial charge in [-0.2, -0.15) is 0 Å². The molecule has 1 aliphatic heterocycles. The summed E-state index contributed by atoms with van der Waals surface area (Å²) in [6.45, 7) is 6.22. The molecule has 1 saturated heterocycles. The summed E-state index contributed by atoms with van der Waals surface area (Å²) in [6, 6.07) is 15.9. The number of hydrogen-bond acceptors (Lipinski definition) is 5. The van der Waals surface area contributed by atoms with Gasteiger partial charge in [0.1, 0.15) is 0 Å². The zero-order valence-electron chi connectivity index (χ0n) is 18.3. The second-order valence-electron chi connectivity index (χ2n) is 8.02. The van der Waals surface area contributed by atoms with Crippen molar-refractivity contribution < 1.29 is 9.53 Å². The minimum atomic E-state index is -0.105. The van der Waals surface area contributed by atoms with E-state index in [0.29, 0.717) is 19.0 Å². The number of carbonyl (C=O) groups excluding carboxylic acids is 1. The largest absolute Gasteiger partial charge is 0.475 e. The average Bonchev–Trinajstić information content (AvgIpc) is 2.82. The maximum absolute atomic E-state index is 13.0. The molecular weight excluding hydrogens is 388 g/mol. The van der Waals surface area contributed by atoms with Gasteiger partial charge in [-0.05, 0) is 55.5 Å². The molecule has 0 unspecified atom stereocenters. The number of nitrogens with zero attached hydrogens (tertiary/aromatic N) is 3. The molecule has 0 saturated carbocycles. The molecule has 1 aliphatic rings. The van der Waals surface area contributed by atoms with Gasteiger partial charge in [0.15, 0.2) is 5.82 Å². The lowest BCUT2D eigenvalue weighted by atomic mass is 9.97. The lowest BCUT2D eigenvalue weighted by Gasteiger charge is -2.33. The van der Waals surface area contributed by atoms with E-state index >= 15 is 0 Å². The van der Waals surface area contributed by atoms with Crippen molar-refractivity contribution in [1.29, 1.82) is 0 Å². The van der Waals surface area contributed by atoms with Crippen LogP contribution in [0.5, 0.6) is 5.88 Å². The van der Waals surface area contributed by atoms with E-state index in [0.717, 1.165) is 54.8 Å². The number of piperidine rings is 1. The number of ether oxygens (including phenoxy) is 1. The fourth-order valence-electron chi connectivity index (χ4n) is 3.97. The molecule has 3 aromatic rings. The summed E-state index contributed by atoms with van der Waals surface area (Å²) in [4.78, 5) is 24.7. The van der Waals surface area contributed by atoms with E-state index in [1.54, 1.807) is 0 Å². The summed E-state index contributed by atoms with van der Waals surface area (Å²) in [5, 5.41) is 3.10. The summed E-state index contributed by atoms with van der Waals surface area (Å²) in [5.41, 5.74) is 3.73. The molecule has 4 rings (SSSR count). The SMILES string of the molecule is CCCOc1nc2ccccc2nc1N1CCC[C@@H](C(=O)Nc2cccc(CC)c2)C1. The lowest BCUT2D eigenvalue weighted by Crippen LogP contribution is -2.41. The van der Waals surface area contributed by atoms with Gasteiger partial charge in [-0.1, -0.05) is 38.1 Å². The molecule has 162 valence electrons. The molecule has 31 heavy (non-hydrogen) atoms. The molecule has 1 aromatic heterocycles. The Bertz CT molecular complexity index is 1050. The smallest absolute Gasteiger partial charge is 0.258 e. The number of aryl methyl sites for hydroxylation is 1. The first-order valence-electron chi connectivity index (χ1n) is 11.2. The number of carbonyl (C=O) groups is 1. The van der Waals surface area contributed by atoms with E-state index in [1.807, 2.05) is 42.5 Å². The highest BCUT2D eigenvalue weighted by atomic mass is 16.5. The Morgan fingerprint density at radius 1 is 1.13 bits per heavy atom. The van der Waals surface area contributed by atoms with Gasteiger partial charge < -0.3 is 15.0 Å². The number of nitrogens with one attached hydrogen (secondary N) is 1. The number of fused-ring (bicyclic) bond motifs is 1. The number of amides is 1. The van der Waals surface area contributed by atoms with Gasteiger partial charge in [-0.3, -0.25) is 4.79 Å². The van der Waals surface area contributed by atoms with Crippen molar-refractivity contribution in [1.82, 2.24) is 9.97 Å². The zero-order chi connectivity index (χ0) is 21.6. The van der Waals surface area contributed by atoms with Crippen LogP contribution in [0, 0.1) is 5.92 Å². The second-order valence-corrected chi connectivity index (χ2v) is 8.02. The fraction of sp³-hybridized carbons (Fsp3) is 0.400. The van der Waals surface area contributed by atoms with E-state index in [-0.39, 0.29) is 11.8 Å². The van der Waals surface area contributed by atoms with Crippen molar-refractivity contribution in [3.05, 3.63) is 54.1 Å². The Hall–Kier alpha value is -3.15. The lowest BCUT2D eigenvalue weighted by molar-refractivity contribution is -0.120. The molecule has 1 fully saturated rings. The van der Waals surface area contributed by atoms with Gasteiger partial charge >= 0.3 is 0 Å². The first kappa shape index (κ1) is 21.1. The van der Waals surface area contributed by atoms with Crippen LogP contribution in [0.1, 0.15) is 38.7 Å². The Kier molecular flexibility index (Phi) is 6.65. The monoisotopic (exact) mass is 418 g/mol. The molecule has 1 amide bonds. The van der Waals surface area contributed by atoms with E-state index < -0.39 is 0 Å². The van der Waals surface area contributed by atoms with Crippen molar-refractivity contribution in [3.8, 4) is 5.88 Å². The summed E-state index contributed by atoms with van der Waals surface area (Å²) in [5.74, 6) is 1.24. The average molecular weight is 419 g/mol. The molecule has 1 atom stereocenters. The van der Waals surface area contributed by atoms with Gasteiger partial charge in [-0.15, -0.1) is 0 Å². The molecular formula is C25H30N4O2. The third-order valence-electron chi connectivity index (χ3n) is 5.66. The molecule has 0 aliphatic carbocycles. The Morgan fingerprint density at radius 2 is 1.94 bits per heavy atom. The molecule has 6 heteroatoms. The van der Waals surface area contributed by atoms with Gasteiger partial charge in [0, 0.05) is 18.8 Å². The number of aromatic nitrogens is 2. The minimum Gasteiger partial charge on any atom is -0.475 e. The van der Waals surface area contributed by atoms with Crippen molar-refractivity contribution >= 4 is 28.4 Å². The van der Waals surface area contributed by atoms with Crippen LogP contribution in [-0.4, -0.2) is 35.6 Å². The topological polar surface area (TPSA) is 67.4 Å². The summed E-state index contributed by atoms with van der Waals surface area (Å²) < 4.78 is 5.95. The highest BCUT2D eigenvalue weighted by Crippen LogP contribution is 2.31. The van der Waals surface area contributed by atoms with Crippen LogP contribution < -0.4 is 15.0 Å². The van der Waals surface area contributed by atoms with Crippen LogP contribution >= 0.6 is 0 Å². The minimum absolute atomic E-state index is 0.0581. The molecule has 0 bridgehead atoms. The second kappa shape index (κ2) is 9.77. The predicted octanol–water partition coefficient (Wildman–Crippen LogP) is 4.84. The first-order chi connectivity index (χ1) is 15.2. The van der Waals surface area contributed by atoms with Crippen LogP contribution in [0.3, 0.4) is 0 Å². The highest BCUT2D eigenvalue weighted by Gasteiger charge is 2.29. The Morgan fingerprint density at radius 3 is 2.71 bits per heavy atom. The maximum atomic E-state index is 13.0. The van der Waals surface area contributed by atoms with Crippen molar-refractivity contribution in [3.63, 3.8) is 0 Å². The van der Waals surface area contributed by atoms with Crippen LogP contribution in [-0.2, 0) is 11.2 Å². The van der Waals surface area contributed by atoms with E-state index in [9.17, 15) is 4.79 Å². The summed E-state index contributed by atoms with van der Waals surface area (Å²) in [7, 11) is 0. The number of rotatable bonds is 7. The Balaban J connectivity index is 1.54. The number of anilines is 2. The standard InChI is InChI=1S/C25H30N4O2/c1-3-15-31-25-23(27-21-12-5-6-13-22(21)28-25)29-14-8-10-19(17-29)24(30)26-20-11-7-9-18(4-2)16-20/h5-7,9,11-13,16,19H,3-4,8,10,14-15,17H2,1-2H3,(H,26,30)/t19-/m1/s1. The predicted molar refractivity (Wildman–Crippen MR) is 125 cm³/mol. The van der Waals surface area contributed by atoms with Gasteiger partial charge in [0.05, 0.1) is 23.6 Å². The summed E-state index contributed by atoms with van der Waals surface area (Å²) >= 11 is 0. The van der Waals surface area contributed by atoms with Crippen LogP contribution in [0.15, 0.2) is 48.5 Å². The molecule has 2 heterocycles. The zero-order valence-corrected chi connectivity index (χ0v) is 18.3. The normalized spacial score (nSPS) is 16.3. The van der Waals surface area contributed by atoms with Crippen LogP contribution in [0.25, 0.3) is 11.0 Å². The molecule has 0 spiro atoms. The van der Waals surface area contributed by atoms with Gasteiger partial charge in [0.25, 0.3) is 5.88 Å². The number of benzene rings is 2. The van der Waals surface area contributed by atoms with E-state index in [1.165, 1.54) is 5.56 Å². The Labute approximate surface area is 183 Å². The third kappa shape index (κ3) is 4.95. The van der Waals surface area contributed by atoms with Crippen molar-refractivity contribution in [2.45, 2.75) is 39.5 Å². The highest BCUT2D eigenvalue weighted by molar-refractivity contribution is 5.93. The fourth-order valence-corrected chi connectivity index (χ4v) is 3.97. The first-order valence-corrected chi connectivity index (χ1v) is 11.2. The van der Waals surface area contributed by atoms with E-state index in [2.05, 4.69) is 30.1 Å². The number of para-hydroxylation sites is 2.